The van der Waals surface area contributed by atoms with Crippen LogP contribution in [-0.2, 0) is 11.3 Å². The molecule has 0 saturated heterocycles. The highest BCUT2D eigenvalue weighted by Crippen LogP contribution is 2.29. The average molecular weight is 264 g/mol. The Morgan fingerprint density at radius 2 is 2.21 bits per heavy atom. The van der Waals surface area contributed by atoms with E-state index in [1.165, 1.54) is 0 Å². The SMILES string of the molecule is CN(Cc1ccc2c(c1)NC(=O)CO2)C(C)(C)CO. The fourth-order valence-corrected chi connectivity index (χ4v) is 1.84. The van der Waals surface area contributed by atoms with E-state index < -0.39 is 0 Å². The summed E-state index contributed by atoms with van der Waals surface area (Å²) in [5, 5.41) is 12.1. The Kier molecular flexibility index (Phi) is 3.78. The number of amides is 1. The van der Waals surface area contributed by atoms with Crippen molar-refractivity contribution in [1.29, 1.82) is 0 Å². The molecule has 0 unspecified atom stereocenters. The summed E-state index contributed by atoms with van der Waals surface area (Å²) < 4.78 is 5.32. The first-order valence-electron chi connectivity index (χ1n) is 6.30. The number of carbonyl (C=O) groups excluding carboxylic acids is 1. The maximum Gasteiger partial charge on any atom is 0.262 e. The van der Waals surface area contributed by atoms with Gasteiger partial charge in [-0.15, -0.1) is 0 Å². The summed E-state index contributed by atoms with van der Waals surface area (Å²) in [5.41, 5.74) is 1.49. The minimum Gasteiger partial charge on any atom is -0.482 e. The predicted molar refractivity (Wildman–Crippen MR) is 73.2 cm³/mol. The largest absolute Gasteiger partial charge is 0.482 e. The Labute approximate surface area is 113 Å². The van der Waals surface area contributed by atoms with Crippen molar-refractivity contribution in [3.63, 3.8) is 0 Å². The van der Waals surface area contributed by atoms with Crippen LogP contribution in [0.25, 0.3) is 0 Å². The van der Waals surface area contributed by atoms with Gasteiger partial charge in [0.2, 0.25) is 0 Å². The molecule has 0 saturated carbocycles. The van der Waals surface area contributed by atoms with E-state index >= 15 is 0 Å². The van der Waals surface area contributed by atoms with Crippen molar-refractivity contribution in [1.82, 2.24) is 4.90 Å². The fraction of sp³-hybridized carbons (Fsp3) is 0.500. The van der Waals surface area contributed by atoms with E-state index in [1.54, 1.807) is 0 Å². The van der Waals surface area contributed by atoms with Gasteiger partial charge in [0, 0.05) is 12.1 Å². The molecule has 5 heteroatoms. The predicted octanol–water partition coefficient (Wildman–Crippen LogP) is 1.22. The van der Waals surface area contributed by atoms with E-state index in [0.29, 0.717) is 18.0 Å². The molecule has 0 atom stereocenters. The quantitative estimate of drug-likeness (QED) is 0.858. The molecule has 0 aromatic heterocycles. The van der Waals surface area contributed by atoms with Crippen LogP contribution in [0.15, 0.2) is 18.2 Å². The van der Waals surface area contributed by atoms with Crippen molar-refractivity contribution in [3.8, 4) is 5.75 Å². The van der Waals surface area contributed by atoms with Crippen LogP contribution < -0.4 is 10.1 Å². The number of rotatable bonds is 4. The highest BCUT2D eigenvalue weighted by molar-refractivity contribution is 5.95. The number of aliphatic hydroxyl groups excluding tert-OH is 1. The Morgan fingerprint density at radius 3 is 2.89 bits per heavy atom. The summed E-state index contributed by atoms with van der Waals surface area (Å²) in [6, 6.07) is 5.75. The van der Waals surface area contributed by atoms with Gasteiger partial charge in [-0.25, -0.2) is 0 Å². The van der Waals surface area contributed by atoms with E-state index in [9.17, 15) is 9.90 Å². The van der Waals surface area contributed by atoms with Gasteiger partial charge < -0.3 is 15.2 Å². The number of benzene rings is 1. The molecular formula is C14H20N2O3. The van der Waals surface area contributed by atoms with Gasteiger partial charge in [0.25, 0.3) is 5.91 Å². The molecule has 104 valence electrons. The second-order valence-electron chi connectivity index (χ2n) is 5.49. The monoisotopic (exact) mass is 264 g/mol. The fourth-order valence-electron chi connectivity index (χ4n) is 1.84. The van der Waals surface area contributed by atoms with Crippen molar-refractivity contribution in [3.05, 3.63) is 23.8 Å². The molecule has 1 aromatic rings. The number of hydrogen-bond donors (Lipinski definition) is 2. The average Bonchev–Trinajstić information content (AvgIpc) is 2.38. The van der Waals surface area contributed by atoms with Crippen molar-refractivity contribution in [2.24, 2.45) is 0 Å². The zero-order valence-electron chi connectivity index (χ0n) is 11.6. The second-order valence-corrected chi connectivity index (χ2v) is 5.49. The number of nitrogens with zero attached hydrogens (tertiary/aromatic N) is 1. The zero-order valence-corrected chi connectivity index (χ0v) is 11.6. The highest BCUT2D eigenvalue weighted by Gasteiger charge is 2.23. The normalized spacial score (nSPS) is 14.9. The van der Waals surface area contributed by atoms with Gasteiger partial charge in [0.05, 0.1) is 12.3 Å². The van der Waals surface area contributed by atoms with E-state index in [4.69, 9.17) is 4.74 Å². The summed E-state index contributed by atoms with van der Waals surface area (Å²) in [5.74, 6) is 0.570. The zero-order chi connectivity index (χ0) is 14.0. The topological polar surface area (TPSA) is 61.8 Å². The summed E-state index contributed by atoms with van der Waals surface area (Å²) in [6.45, 7) is 4.82. The third-order valence-electron chi connectivity index (χ3n) is 3.52. The molecule has 1 amide bonds. The molecule has 5 nitrogen and oxygen atoms in total. The van der Waals surface area contributed by atoms with Crippen molar-refractivity contribution < 1.29 is 14.6 Å². The van der Waals surface area contributed by atoms with Crippen molar-refractivity contribution >= 4 is 11.6 Å². The molecule has 0 aliphatic carbocycles. The lowest BCUT2D eigenvalue weighted by Gasteiger charge is -2.34. The van der Waals surface area contributed by atoms with Gasteiger partial charge in [-0.05, 0) is 38.6 Å². The first kappa shape index (κ1) is 13.8. The molecule has 1 aliphatic rings. The van der Waals surface area contributed by atoms with E-state index in [-0.39, 0.29) is 24.7 Å². The Balaban J connectivity index is 2.14. The number of nitrogens with one attached hydrogen (secondary N) is 1. The molecule has 2 N–H and O–H groups in total. The van der Waals surface area contributed by atoms with Crippen LogP contribution in [-0.4, -0.2) is 41.7 Å². The van der Waals surface area contributed by atoms with Crippen LogP contribution in [0.5, 0.6) is 5.75 Å². The molecule has 1 heterocycles. The molecule has 2 rings (SSSR count). The minimum absolute atomic E-state index is 0.0732. The van der Waals surface area contributed by atoms with Gasteiger partial charge in [0.15, 0.2) is 6.61 Å². The Hall–Kier alpha value is -1.59. The molecule has 1 aromatic carbocycles. The Morgan fingerprint density at radius 1 is 1.47 bits per heavy atom. The van der Waals surface area contributed by atoms with Crippen LogP contribution in [0.2, 0.25) is 0 Å². The lowest BCUT2D eigenvalue weighted by Crippen LogP contribution is -2.43. The Bertz CT molecular complexity index is 486. The van der Waals surface area contributed by atoms with Gasteiger partial charge in [-0.1, -0.05) is 6.07 Å². The van der Waals surface area contributed by atoms with E-state index in [1.807, 2.05) is 39.1 Å². The summed E-state index contributed by atoms with van der Waals surface area (Å²) >= 11 is 0. The maximum absolute atomic E-state index is 11.3. The van der Waals surface area contributed by atoms with Crippen molar-refractivity contribution in [2.75, 3.05) is 25.6 Å². The highest BCUT2D eigenvalue weighted by atomic mass is 16.5. The number of hydrogen-bond acceptors (Lipinski definition) is 4. The lowest BCUT2D eigenvalue weighted by molar-refractivity contribution is -0.118. The first-order chi connectivity index (χ1) is 8.92. The minimum atomic E-state index is -0.282. The number of carbonyl (C=O) groups is 1. The number of anilines is 1. The lowest BCUT2D eigenvalue weighted by atomic mass is 10.0. The molecular weight excluding hydrogens is 244 g/mol. The van der Waals surface area contributed by atoms with E-state index in [2.05, 4.69) is 10.2 Å². The van der Waals surface area contributed by atoms with E-state index in [0.717, 1.165) is 5.56 Å². The van der Waals surface area contributed by atoms with Crippen LogP contribution >= 0.6 is 0 Å². The third kappa shape index (κ3) is 3.05. The molecule has 0 fully saturated rings. The number of aliphatic hydroxyl groups is 1. The van der Waals surface area contributed by atoms with Crippen LogP contribution in [0, 0.1) is 0 Å². The first-order valence-corrected chi connectivity index (χ1v) is 6.30. The van der Waals surface area contributed by atoms with Gasteiger partial charge >= 0.3 is 0 Å². The molecule has 0 radical (unpaired) electrons. The number of fused-ring (bicyclic) bond motifs is 1. The molecule has 0 spiro atoms. The maximum atomic E-state index is 11.3. The molecule has 19 heavy (non-hydrogen) atoms. The second kappa shape index (κ2) is 5.19. The standard InChI is InChI=1S/C14H20N2O3/c1-14(2,9-17)16(3)7-10-4-5-12-11(6-10)15-13(18)8-19-12/h4-6,17H,7-9H2,1-3H3,(H,15,18). The summed E-state index contributed by atoms with van der Waals surface area (Å²) in [6.07, 6.45) is 0. The third-order valence-corrected chi connectivity index (χ3v) is 3.52. The number of ether oxygens (including phenoxy) is 1. The summed E-state index contributed by atoms with van der Waals surface area (Å²) in [4.78, 5) is 13.4. The molecule has 0 bridgehead atoms. The smallest absolute Gasteiger partial charge is 0.262 e. The molecule has 1 aliphatic heterocycles. The van der Waals surface area contributed by atoms with Gasteiger partial charge in [-0.2, -0.15) is 0 Å². The van der Waals surface area contributed by atoms with Crippen LogP contribution in [0.3, 0.4) is 0 Å². The van der Waals surface area contributed by atoms with Crippen LogP contribution in [0.4, 0.5) is 5.69 Å². The van der Waals surface area contributed by atoms with Crippen LogP contribution in [0.1, 0.15) is 19.4 Å². The van der Waals surface area contributed by atoms with Gasteiger partial charge in [-0.3, -0.25) is 9.69 Å². The van der Waals surface area contributed by atoms with Crippen molar-refractivity contribution in [2.45, 2.75) is 25.9 Å². The number of likely N-dealkylation sites (N-methyl/N-ethyl adjacent to an activating group) is 1. The van der Waals surface area contributed by atoms with Gasteiger partial charge in [0.1, 0.15) is 5.75 Å². The summed E-state index contributed by atoms with van der Waals surface area (Å²) in [7, 11) is 1.96.